The highest BCUT2D eigenvalue weighted by atomic mass is 16.2. The number of amides is 1. The summed E-state index contributed by atoms with van der Waals surface area (Å²) in [7, 11) is 0. The third kappa shape index (κ3) is 4.48. The zero-order valence-electron chi connectivity index (χ0n) is 12.1. The summed E-state index contributed by atoms with van der Waals surface area (Å²) in [5.74, 6) is 0.506. The van der Waals surface area contributed by atoms with Crippen LogP contribution in [0, 0.1) is 13.8 Å². The monoisotopic (exact) mass is 266 g/mol. The first-order chi connectivity index (χ1) is 8.81. The van der Waals surface area contributed by atoms with Crippen LogP contribution in [0.2, 0.25) is 0 Å². The standard InChI is InChI=1S/C13H22N4O2/c1-7(2)15-11(18)6-14-8(3)12-9(4)16-10(5)17-13(12)19/h7-8,14H,6H2,1-5H3,(H,15,18)(H,16,17,19). The first kappa shape index (κ1) is 15.4. The maximum atomic E-state index is 11.9. The Morgan fingerprint density at radius 3 is 2.47 bits per heavy atom. The molecule has 0 aliphatic carbocycles. The number of carbonyl (C=O) groups is 1. The van der Waals surface area contributed by atoms with Crippen molar-refractivity contribution in [2.45, 2.75) is 46.7 Å². The molecule has 0 spiro atoms. The van der Waals surface area contributed by atoms with E-state index in [0.29, 0.717) is 17.1 Å². The highest BCUT2D eigenvalue weighted by molar-refractivity contribution is 5.78. The van der Waals surface area contributed by atoms with Gasteiger partial charge in [0.15, 0.2) is 0 Å². The van der Waals surface area contributed by atoms with Gasteiger partial charge in [0.1, 0.15) is 5.82 Å². The van der Waals surface area contributed by atoms with Crippen LogP contribution in [0.5, 0.6) is 0 Å². The van der Waals surface area contributed by atoms with Gasteiger partial charge in [-0.2, -0.15) is 0 Å². The molecular formula is C13H22N4O2. The molecule has 0 aliphatic heterocycles. The molecule has 6 heteroatoms. The third-order valence-electron chi connectivity index (χ3n) is 2.72. The second-order valence-electron chi connectivity index (χ2n) is 4.98. The van der Waals surface area contributed by atoms with Crippen LogP contribution in [0.3, 0.4) is 0 Å². The third-order valence-corrected chi connectivity index (χ3v) is 2.72. The minimum atomic E-state index is -0.227. The fraction of sp³-hybridized carbons (Fsp3) is 0.615. The van der Waals surface area contributed by atoms with Gasteiger partial charge in [0.25, 0.3) is 5.56 Å². The molecule has 6 nitrogen and oxygen atoms in total. The number of hydrogen-bond acceptors (Lipinski definition) is 4. The van der Waals surface area contributed by atoms with Crippen LogP contribution in [0.25, 0.3) is 0 Å². The zero-order valence-corrected chi connectivity index (χ0v) is 12.1. The van der Waals surface area contributed by atoms with Gasteiger partial charge >= 0.3 is 0 Å². The molecule has 1 aromatic heterocycles. The average Bonchev–Trinajstić information content (AvgIpc) is 2.23. The summed E-state index contributed by atoms with van der Waals surface area (Å²) in [6, 6.07) is -0.120. The SMILES string of the molecule is Cc1nc(C)c(C(C)NCC(=O)NC(C)C)c(=O)[nH]1. The maximum Gasteiger partial charge on any atom is 0.255 e. The smallest absolute Gasteiger partial charge is 0.255 e. The lowest BCUT2D eigenvalue weighted by molar-refractivity contribution is -0.120. The van der Waals surface area contributed by atoms with E-state index < -0.39 is 0 Å². The fourth-order valence-corrected chi connectivity index (χ4v) is 1.97. The van der Waals surface area contributed by atoms with Crippen molar-refractivity contribution >= 4 is 5.91 Å². The molecule has 1 aromatic rings. The van der Waals surface area contributed by atoms with Crippen LogP contribution in [0.4, 0.5) is 0 Å². The first-order valence-electron chi connectivity index (χ1n) is 6.41. The Balaban J connectivity index is 2.72. The second-order valence-corrected chi connectivity index (χ2v) is 4.98. The van der Waals surface area contributed by atoms with Crippen molar-refractivity contribution in [1.29, 1.82) is 0 Å². The van der Waals surface area contributed by atoms with E-state index >= 15 is 0 Å². The molecule has 1 amide bonds. The zero-order chi connectivity index (χ0) is 14.6. The summed E-state index contributed by atoms with van der Waals surface area (Å²) in [5, 5.41) is 5.82. The van der Waals surface area contributed by atoms with E-state index in [2.05, 4.69) is 20.6 Å². The van der Waals surface area contributed by atoms with E-state index in [1.165, 1.54) is 0 Å². The number of rotatable bonds is 5. The molecule has 3 N–H and O–H groups in total. The molecule has 19 heavy (non-hydrogen) atoms. The highest BCUT2D eigenvalue weighted by Crippen LogP contribution is 2.10. The molecule has 1 atom stereocenters. The number of H-pyrrole nitrogens is 1. The van der Waals surface area contributed by atoms with Crippen molar-refractivity contribution in [3.8, 4) is 0 Å². The van der Waals surface area contributed by atoms with Crippen molar-refractivity contribution < 1.29 is 4.79 Å². The number of aryl methyl sites for hydroxylation is 2. The summed E-state index contributed by atoms with van der Waals surface area (Å²) in [5.41, 5.74) is 1.10. The summed E-state index contributed by atoms with van der Waals surface area (Å²) in [4.78, 5) is 30.3. The van der Waals surface area contributed by atoms with Crippen molar-refractivity contribution in [2.75, 3.05) is 6.54 Å². The molecular weight excluding hydrogens is 244 g/mol. The van der Waals surface area contributed by atoms with Crippen molar-refractivity contribution in [1.82, 2.24) is 20.6 Å². The summed E-state index contributed by atoms with van der Waals surface area (Å²) < 4.78 is 0. The number of aromatic amines is 1. The fourth-order valence-electron chi connectivity index (χ4n) is 1.97. The Bertz CT molecular complexity index is 508. The van der Waals surface area contributed by atoms with Crippen LogP contribution in [-0.4, -0.2) is 28.5 Å². The lowest BCUT2D eigenvalue weighted by Gasteiger charge is -2.16. The Morgan fingerprint density at radius 2 is 1.95 bits per heavy atom. The van der Waals surface area contributed by atoms with Crippen molar-refractivity contribution in [3.05, 3.63) is 27.4 Å². The summed E-state index contributed by atoms with van der Waals surface area (Å²) in [6.45, 7) is 9.36. The van der Waals surface area contributed by atoms with E-state index in [0.717, 1.165) is 0 Å². The van der Waals surface area contributed by atoms with E-state index in [4.69, 9.17) is 0 Å². The second kappa shape index (κ2) is 6.47. The molecule has 1 heterocycles. The predicted molar refractivity (Wildman–Crippen MR) is 74.0 cm³/mol. The number of nitrogens with zero attached hydrogens (tertiary/aromatic N) is 1. The average molecular weight is 266 g/mol. The Hall–Kier alpha value is -1.69. The largest absolute Gasteiger partial charge is 0.353 e. The van der Waals surface area contributed by atoms with Gasteiger partial charge in [0.2, 0.25) is 5.91 Å². The quantitative estimate of drug-likeness (QED) is 0.727. The number of carbonyl (C=O) groups excluding carboxylic acids is 1. The Kier molecular flexibility index (Phi) is 5.23. The molecule has 0 saturated heterocycles. The molecule has 0 fully saturated rings. The van der Waals surface area contributed by atoms with Gasteiger partial charge in [-0.3, -0.25) is 9.59 Å². The van der Waals surface area contributed by atoms with Crippen molar-refractivity contribution in [3.63, 3.8) is 0 Å². The summed E-state index contributed by atoms with van der Waals surface area (Å²) in [6.07, 6.45) is 0. The Morgan fingerprint density at radius 1 is 1.32 bits per heavy atom. The normalized spacial score (nSPS) is 12.5. The maximum absolute atomic E-state index is 11.9. The molecule has 0 radical (unpaired) electrons. The van der Waals surface area contributed by atoms with E-state index in [1.54, 1.807) is 13.8 Å². The lowest BCUT2D eigenvalue weighted by Crippen LogP contribution is -2.39. The van der Waals surface area contributed by atoms with Gasteiger partial charge < -0.3 is 15.6 Å². The van der Waals surface area contributed by atoms with Gasteiger partial charge in [0.05, 0.1) is 12.1 Å². The molecule has 0 saturated carbocycles. The van der Waals surface area contributed by atoms with Crippen LogP contribution in [0.15, 0.2) is 4.79 Å². The van der Waals surface area contributed by atoms with E-state index in [1.807, 2.05) is 20.8 Å². The molecule has 0 aromatic carbocycles. The first-order valence-corrected chi connectivity index (χ1v) is 6.41. The van der Waals surface area contributed by atoms with Crippen LogP contribution in [-0.2, 0) is 4.79 Å². The Labute approximate surface area is 113 Å². The van der Waals surface area contributed by atoms with Gasteiger partial charge in [-0.25, -0.2) is 4.98 Å². The van der Waals surface area contributed by atoms with Gasteiger partial charge in [-0.1, -0.05) is 0 Å². The molecule has 1 rings (SSSR count). The lowest BCUT2D eigenvalue weighted by atomic mass is 10.1. The highest BCUT2D eigenvalue weighted by Gasteiger charge is 2.15. The van der Waals surface area contributed by atoms with E-state index in [-0.39, 0.29) is 30.1 Å². The van der Waals surface area contributed by atoms with Crippen molar-refractivity contribution in [2.24, 2.45) is 0 Å². The number of nitrogens with one attached hydrogen (secondary N) is 3. The topological polar surface area (TPSA) is 86.9 Å². The molecule has 106 valence electrons. The van der Waals surface area contributed by atoms with E-state index in [9.17, 15) is 9.59 Å². The van der Waals surface area contributed by atoms with Crippen LogP contribution in [0.1, 0.15) is 43.9 Å². The van der Waals surface area contributed by atoms with Crippen LogP contribution >= 0.6 is 0 Å². The van der Waals surface area contributed by atoms with Gasteiger partial charge in [0, 0.05) is 17.8 Å². The minimum Gasteiger partial charge on any atom is -0.353 e. The molecule has 0 bridgehead atoms. The number of aromatic nitrogens is 2. The molecule has 1 unspecified atom stereocenters. The number of hydrogen-bond donors (Lipinski definition) is 3. The van der Waals surface area contributed by atoms with Gasteiger partial charge in [-0.05, 0) is 34.6 Å². The van der Waals surface area contributed by atoms with Crippen LogP contribution < -0.4 is 16.2 Å². The van der Waals surface area contributed by atoms with Gasteiger partial charge in [-0.15, -0.1) is 0 Å². The predicted octanol–water partition coefficient (Wildman–Crippen LogP) is 0.562. The minimum absolute atomic E-state index is 0.0870. The molecule has 0 aliphatic rings. The summed E-state index contributed by atoms with van der Waals surface area (Å²) >= 11 is 0.